The lowest BCUT2D eigenvalue weighted by Crippen LogP contribution is -2.12. The molecule has 0 radical (unpaired) electrons. The zero-order valence-electron chi connectivity index (χ0n) is 10.8. The van der Waals surface area contributed by atoms with Crippen molar-refractivity contribution in [3.8, 4) is 5.75 Å². The van der Waals surface area contributed by atoms with Gasteiger partial charge in [0.2, 0.25) is 0 Å². The number of para-hydroxylation sites is 1. The quantitative estimate of drug-likeness (QED) is 0.861. The molecule has 1 atom stereocenters. The molecule has 0 saturated heterocycles. The first-order valence-electron chi connectivity index (χ1n) is 6.54. The minimum atomic E-state index is -0.728. The molecule has 2 nitrogen and oxygen atoms in total. The zero-order chi connectivity index (χ0) is 14.1. The van der Waals surface area contributed by atoms with Crippen molar-refractivity contribution in [2.45, 2.75) is 18.9 Å². The van der Waals surface area contributed by atoms with E-state index in [0.717, 1.165) is 39.8 Å². The molecule has 1 heterocycles. The van der Waals surface area contributed by atoms with Crippen LogP contribution in [-0.2, 0) is 6.42 Å². The van der Waals surface area contributed by atoms with Crippen LogP contribution in [0.1, 0.15) is 29.2 Å². The lowest BCUT2D eigenvalue weighted by molar-refractivity contribution is 0.206. The number of ether oxygens (including phenoxy) is 1. The normalized spacial score (nSPS) is 15.3. The first kappa shape index (κ1) is 13.9. The SMILES string of the molecule is OC(c1ccc(Br)c(Cl)c1)c1cccc2c1OCCC2. The molecule has 2 aromatic rings. The van der Waals surface area contributed by atoms with Crippen molar-refractivity contribution in [1.29, 1.82) is 0 Å². The molecule has 0 saturated carbocycles. The summed E-state index contributed by atoms with van der Waals surface area (Å²) in [5.41, 5.74) is 2.73. The number of halogens is 2. The van der Waals surface area contributed by atoms with E-state index in [1.807, 2.05) is 24.3 Å². The minimum absolute atomic E-state index is 0.590. The second-order valence-corrected chi connectivity index (χ2v) is 6.13. The fourth-order valence-electron chi connectivity index (χ4n) is 2.49. The van der Waals surface area contributed by atoms with Crippen molar-refractivity contribution in [3.05, 3.63) is 62.6 Å². The summed E-state index contributed by atoms with van der Waals surface area (Å²) in [5.74, 6) is 0.824. The van der Waals surface area contributed by atoms with Gasteiger partial charge in [0.25, 0.3) is 0 Å². The maximum Gasteiger partial charge on any atom is 0.128 e. The van der Waals surface area contributed by atoms with Crippen LogP contribution < -0.4 is 4.74 Å². The average molecular weight is 354 g/mol. The lowest BCUT2D eigenvalue weighted by atomic mass is 9.96. The van der Waals surface area contributed by atoms with Crippen molar-refractivity contribution < 1.29 is 9.84 Å². The summed E-state index contributed by atoms with van der Waals surface area (Å²) in [5, 5.41) is 11.2. The second kappa shape index (κ2) is 5.76. The number of aryl methyl sites for hydroxylation is 1. The molecule has 1 unspecified atom stereocenters. The van der Waals surface area contributed by atoms with Gasteiger partial charge in [-0.1, -0.05) is 35.9 Å². The third-order valence-electron chi connectivity index (χ3n) is 3.52. The lowest BCUT2D eigenvalue weighted by Gasteiger charge is -2.23. The van der Waals surface area contributed by atoms with Crippen molar-refractivity contribution in [1.82, 2.24) is 0 Å². The van der Waals surface area contributed by atoms with Crippen LogP contribution in [0.5, 0.6) is 5.75 Å². The molecule has 0 spiro atoms. The molecular formula is C16H14BrClO2. The van der Waals surface area contributed by atoms with E-state index in [0.29, 0.717) is 11.6 Å². The highest BCUT2D eigenvalue weighted by Crippen LogP contribution is 2.37. The summed E-state index contributed by atoms with van der Waals surface area (Å²) in [7, 11) is 0. The summed E-state index contributed by atoms with van der Waals surface area (Å²) in [6.45, 7) is 0.706. The van der Waals surface area contributed by atoms with E-state index in [-0.39, 0.29) is 0 Å². The number of benzene rings is 2. The Morgan fingerprint density at radius 2 is 2.10 bits per heavy atom. The largest absolute Gasteiger partial charge is 0.493 e. The number of hydrogen-bond donors (Lipinski definition) is 1. The van der Waals surface area contributed by atoms with Gasteiger partial charge in [-0.2, -0.15) is 0 Å². The minimum Gasteiger partial charge on any atom is -0.493 e. The Kier molecular flexibility index (Phi) is 4.01. The van der Waals surface area contributed by atoms with Gasteiger partial charge in [-0.15, -0.1) is 0 Å². The number of aliphatic hydroxyl groups is 1. The fraction of sp³-hybridized carbons (Fsp3) is 0.250. The Bertz CT molecular complexity index is 642. The molecule has 4 heteroatoms. The molecule has 0 fully saturated rings. The van der Waals surface area contributed by atoms with Crippen LogP contribution in [0, 0.1) is 0 Å². The van der Waals surface area contributed by atoms with E-state index in [1.165, 1.54) is 0 Å². The molecule has 0 aliphatic carbocycles. The smallest absolute Gasteiger partial charge is 0.128 e. The van der Waals surface area contributed by atoms with Gasteiger partial charge in [-0.3, -0.25) is 0 Å². The van der Waals surface area contributed by atoms with Crippen LogP contribution in [-0.4, -0.2) is 11.7 Å². The summed E-state index contributed by atoms with van der Waals surface area (Å²) < 4.78 is 6.57. The van der Waals surface area contributed by atoms with E-state index in [2.05, 4.69) is 22.0 Å². The Hall–Kier alpha value is -1.03. The van der Waals surface area contributed by atoms with Crippen molar-refractivity contribution in [3.63, 3.8) is 0 Å². The highest BCUT2D eigenvalue weighted by molar-refractivity contribution is 9.10. The Morgan fingerprint density at radius 1 is 1.25 bits per heavy atom. The highest BCUT2D eigenvalue weighted by Gasteiger charge is 2.21. The molecule has 3 rings (SSSR count). The third-order valence-corrected chi connectivity index (χ3v) is 4.75. The van der Waals surface area contributed by atoms with Gasteiger partial charge in [-0.25, -0.2) is 0 Å². The summed E-state index contributed by atoms with van der Waals surface area (Å²) in [6.07, 6.45) is 1.29. The Balaban J connectivity index is 2.02. The number of aliphatic hydroxyl groups excluding tert-OH is 1. The Labute approximate surface area is 131 Å². The first-order chi connectivity index (χ1) is 9.66. The predicted octanol–water partition coefficient (Wildman–Crippen LogP) is 4.51. The third kappa shape index (κ3) is 2.58. The van der Waals surface area contributed by atoms with E-state index >= 15 is 0 Å². The zero-order valence-corrected chi connectivity index (χ0v) is 13.1. The molecule has 2 aromatic carbocycles. The van der Waals surface area contributed by atoms with Crippen LogP contribution in [0.2, 0.25) is 5.02 Å². The van der Waals surface area contributed by atoms with Crippen molar-refractivity contribution in [2.75, 3.05) is 6.61 Å². The average Bonchev–Trinajstić information content (AvgIpc) is 2.49. The Morgan fingerprint density at radius 3 is 2.90 bits per heavy atom. The van der Waals surface area contributed by atoms with Crippen LogP contribution in [0.15, 0.2) is 40.9 Å². The molecule has 1 aliphatic rings. The number of fused-ring (bicyclic) bond motifs is 1. The predicted molar refractivity (Wildman–Crippen MR) is 83.5 cm³/mol. The van der Waals surface area contributed by atoms with Crippen LogP contribution in [0.4, 0.5) is 0 Å². The molecule has 104 valence electrons. The van der Waals surface area contributed by atoms with Crippen LogP contribution in [0.25, 0.3) is 0 Å². The van der Waals surface area contributed by atoms with Crippen molar-refractivity contribution >= 4 is 27.5 Å². The number of hydrogen-bond acceptors (Lipinski definition) is 2. The van der Waals surface area contributed by atoms with Crippen molar-refractivity contribution in [2.24, 2.45) is 0 Å². The van der Waals surface area contributed by atoms with Gasteiger partial charge in [-0.05, 0) is 52.0 Å². The van der Waals surface area contributed by atoms with E-state index < -0.39 is 6.10 Å². The van der Waals surface area contributed by atoms with E-state index in [4.69, 9.17) is 16.3 Å². The monoisotopic (exact) mass is 352 g/mol. The second-order valence-electron chi connectivity index (χ2n) is 4.86. The molecule has 0 bridgehead atoms. The molecule has 20 heavy (non-hydrogen) atoms. The van der Waals surface area contributed by atoms with E-state index in [1.54, 1.807) is 6.07 Å². The van der Waals surface area contributed by atoms with Gasteiger partial charge in [0.05, 0.1) is 11.6 Å². The van der Waals surface area contributed by atoms with Gasteiger partial charge < -0.3 is 9.84 Å². The van der Waals surface area contributed by atoms with Crippen LogP contribution >= 0.6 is 27.5 Å². The number of rotatable bonds is 2. The molecule has 0 aromatic heterocycles. The van der Waals surface area contributed by atoms with Gasteiger partial charge in [0, 0.05) is 10.0 Å². The summed E-state index contributed by atoms with van der Waals surface area (Å²) in [4.78, 5) is 0. The van der Waals surface area contributed by atoms with Crippen LogP contribution in [0.3, 0.4) is 0 Å². The molecule has 1 aliphatic heterocycles. The first-order valence-corrected chi connectivity index (χ1v) is 7.71. The summed E-state index contributed by atoms with van der Waals surface area (Å²) >= 11 is 9.46. The van der Waals surface area contributed by atoms with Gasteiger partial charge in [0.15, 0.2) is 0 Å². The topological polar surface area (TPSA) is 29.5 Å². The van der Waals surface area contributed by atoms with Gasteiger partial charge >= 0.3 is 0 Å². The molecule has 1 N–H and O–H groups in total. The maximum absolute atomic E-state index is 10.6. The fourth-order valence-corrected chi connectivity index (χ4v) is 2.93. The summed E-state index contributed by atoms with van der Waals surface area (Å²) in [6, 6.07) is 11.4. The maximum atomic E-state index is 10.6. The van der Waals surface area contributed by atoms with E-state index in [9.17, 15) is 5.11 Å². The molecule has 0 amide bonds. The molecular weight excluding hydrogens is 340 g/mol. The van der Waals surface area contributed by atoms with Gasteiger partial charge in [0.1, 0.15) is 11.9 Å². The standard InChI is InChI=1S/C16H14BrClO2/c17-13-7-6-11(9-14(13)18)15(19)12-5-1-3-10-4-2-8-20-16(10)12/h1,3,5-7,9,15,19H,2,4,8H2. The highest BCUT2D eigenvalue weighted by atomic mass is 79.9.